The standard InChI is InChI=1S/C12H5Br2N3O3S/c13-8-5-9(21-10(8)14)12-15-11(16-20-12)6-1-3-7(4-2-6)17(18)19/h1-5H. The lowest BCUT2D eigenvalue weighted by atomic mass is 10.2. The second kappa shape index (κ2) is 5.66. The van der Waals surface area contributed by atoms with Crippen LogP contribution in [0.3, 0.4) is 0 Å². The van der Waals surface area contributed by atoms with E-state index in [9.17, 15) is 10.1 Å². The van der Waals surface area contributed by atoms with E-state index in [1.165, 1.54) is 23.5 Å². The smallest absolute Gasteiger partial charge is 0.269 e. The van der Waals surface area contributed by atoms with Gasteiger partial charge in [0.2, 0.25) is 5.82 Å². The van der Waals surface area contributed by atoms with Gasteiger partial charge < -0.3 is 4.52 Å². The molecule has 6 nitrogen and oxygen atoms in total. The van der Waals surface area contributed by atoms with E-state index in [1.54, 1.807) is 12.1 Å². The molecule has 2 heterocycles. The highest BCUT2D eigenvalue weighted by Gasteiger charge is 2.15. The van der Waals surface area contributed by atoms with Gasteiger partial charge in [-0.1, -0.05) is 5.16 Å². The second-order valence-electron chi connectivity index (χ2n) is 3.96. The third kappa shape index (κ3) is 2.89. The van der Waals surface area contributed by atoms with Crippen molar-refractivity contribution in [2.24, 2.45) is 0 Å². The van der Waals surface area contributed by atoms with Gasteiger partial charge in [0.05, 0.1) is 13.6 Å². The average molecular weight is 431 g/mol. The van der Waals surface area contributed by atoms with E-state index >= 15 is 0 Å². The number of thiophene rings is 1. The summed E-state index contributed by atoms with van der Waals surface area (Å²) in [5.74, 6) is 0.792. The Labute approximate surface area is 139 Å². The van der Waals surface area contributed by atoms with Gasteiger partial charge in [-0.15, -0.1) is 11.3 Å². The first-order valence-corrected chi connectivity index (χ1v) is 7.98. The molecule has 9 heteroatoms. The lowest BCUT2D eigenvalue weighted by Crippen LogP contribution is -1.87. The van der Waals surface area contributed by atoms with E-state index in [2.05, 4.69) is 42.0 Å². The maximum atomic E-state index is 10.6. The minimum atomic E-state index is -0.452. The van der Waals surface area contributed by atoms with Gasteiger partial charge in [-0.25, -0.2) is 0 Å². The van der Waals surface area contributed by atoms with Crippen molar-refractivity contribution in [3.8, 4) is 22.2 Å². The molecular weight excluding hydrogens is 426 g/mol. The Morgan fingerprint density at radius 2 is 1.95 bits per heavy atom. The van der Waals surface area contributed by atoms with Crippen molar-refractivity contribution in [2.75, 3.05) is 0 Å². The van der Waals surface area contributed by atoms with Crippen molar-refractivity contribution in [2.45, 2.75) is 0 Å². The van der Waals surface area contributed by atoms with E-state index < -0.39 is 4.92 Å². The topological polar surface area (TPSA) is 82.1 Å². The van der Waals surface area contributed by atoms with Gasteiger partial charge in [0.1, 0.15) is 0 Å². The number of aromatic nitrogens is 2. The summed E-state index contributed by atoms with van der Waals surface area (Å²) in [6, 6.07) is 7.87. The third-order valence-corrected chi connectivity index (χ3v) is 5.86. The van der Waals surface area contributed by atoms with Crippen molar-refractivity contribution in [3.05, 3.63) is 48.7 Å². The van der Waals surface area contributed by atoms with E-state index in [0.717, 1.165) is 13.1 Å². The van der Waals surface area contributed by atoms with Crippen LogP contribution in [0.15, 0.2) is 43.1 Å². The normalized spacial score (nSPS) is 10.8. The van der Waals surface area contributed by atoms with Crippen LogP contribution in [0.5, 0.6) is 0 Å². The van der Waals surface area contributed by atoms with Gasteiger partial charge in [0.25, 0.3) is 11.6 Å². The fourth-order valence-corrected chi connectivity index (χ4v) is 3.58. The van der Waals surface area contributed by atoms with Crippen LogP contribution in [0, 0.1) is 10.1 Å². The largest absolute Gasteiger partial charge is 0.333 e. The molecule has 0 aliphatic heterocycles. The van der Waals surface area contributed by atoms with Gasteiger partial charge in [-0.2, -0.15) is 4.98 Å². The molecule has 0 aliphatic carbocycles. The number of hydrogen-bond donors (Lipinski definition) is 0. The molecule has 2 aromatic heterocycles. The zero-order valence-electron chi connectivity index (χ0n) is 10.1. The first-order valence-electron chi connectivity index (χ1n) is 5.58. The molecule has 3 aromatic rings. The van der Waals surface area contributed by atoms with Gasteiger partial charge >= 0.3 is 0 Å². The lowest BCUT2D eigenvalue weighted by molar-refractivity contribution is -0.384. The van der Waals surface area contributed by atoms with Crippen LogP contribution < -0.4 is 0 Å². The maximum Gasteiger partial charge on any atom is 0.269 e. The zero-order valence-corrected chi connectivity index (χ0v) is 14.1. The number of nitrogens with zero attached hydrogens (tertiary/aromatic N) is 3. The summed E-state index contributed by atoms with van der Waals surface area (Å²) in [7, 11) is 0. The minimum absolute atomic E-state index is 0.0218. The van der Waals surface area contributed by atoms with E-state index in [4.69, 9.17) is 4.52 Å². The Bertz CT molecular complexity index is 794. The SMILES string of the molecule is O=[N+]([O-])c1ccc(-c2noc(-c3cc(Br)c(Br)s3)n2)cc1. The van der Waals surface area contributed by atoms with Gasteiger partial charge in [-0.3, -0.25) is 10.1 Å². The fourth-order valence-electron chi connectivity index (χ4n) is 1.63. The van der Waals surface area contributed by atoms with Crippen molar-refractivity contribution in [1.82, 2.24) is 10.1 Å². The Hall–Kier alpha value is -1.58. The summed E-state index contributed by atoms with van der Waals surface area (Å²) in [6.45, 7) is 0. The molecule has 0 bridgehead atoms. The van der Waals surface area contributed by atoms with Gasteiger partial charge in [0, 0.05) is 22.2 Å². The van der Waals surface area contributed by atoms with Crippen LogP contribution in [-0.4, -0.2) is 15.1 Å². The van der Waals surface area contributed by atoms with Crippen LogP contribution in [0.2, 0.25) is 0 Å². The molecule has 1 aromatic carbocycles. The monoisotopic (exact) mass is 429 g/mol. The van der Waals surface area contributed by atoms with Gasteiger partial charge in [-0.05, 0) is 50.1 Å². The molecule has 0 saturated carbocycles. The molecule has 21 heavy (non-hydrogen) atoms. The molecule has 106 valence electrons. The molecule has 0 unspecified atom stereocenters. The van der Waals surface area contributed by atoms with Crippen LogP contribution in [0.1, 0.15) is 0 Å². The average Bonchev–Trinajstić information content (AvgIpc) is 3.07. The molecule has 0 atom stereocenters. The number of hydrogen-bond acceptors (Lipinski definition) is 6. The highest BCUT2D eigenvalue weighted by atomic mass is 79.9. The Kier molecular flexibility index (Phi) is 3.87. The Balaban J connectivity index is 1.92. The Morgan fingerprint density at radius 1 is 1.24 bits per heavy atom. The fraction of sp³-hybridized carbons (Fsp3) is 0. The highest BCUT2D eigenvalue weighted by Crippen LogP contribution is 2.38. The molecule has 0 saturated heterocycles. The molecule has 0 N–H and O–H groups in total. The van der Waals surface area contributed by atoms with Crippen molar-refractivity contribution in [3.63, 3.8) is 0 Å². The van der Waals surface area contributed by atoms with Crippen LogP contribution in [-0.2, 0) is 0 Å². The highest BCUT2D eigenvalue weighted by molar-refractivity contribution is 9.13. The van der Waals surface area contributed by atoms with Crippen LogP contribution >= 0.6 is 43.2 Å². The van der Waals surface area contributed by atoms with E-state index in [-0.39, 0.29) is 5.69 Å². The Morgan fingerprint density at radius 3 is 2.52 bits per heavy atom. The van der Waals surface area contributed by atoms with Crippen LogP contribution in [0.4, 0.5) is 5.69 Å². The molecule has 0 fully saturated rings. The number of halogens is 2. The molecule has 0 amide bonds. The number of non-ortho nitro benzene ring substituents is 1. The van der Waals surface area contributed by atoms with Gasteiger partial charge in [0.15, 0.2) is 0 Å². The number of benzene rings is 1. The summed E-state index contributed by atoms with van der Waals surface area (Å²) in [6.07, 6.45) is 0. The zero-order chi connectivity index (χ0) is 15.0. The number of nitro benzene ring substituents is 1. The van der Waals surface area contributed by atoms with Crippen molar-refractivity contribution < 1.29 is 9.45 Å². The number of rotatable bonds is 3. The maximum absolute atomic E-state index is 10.6. The van der Waals surface area contributed by atoms with Crippen molar-refractivity contribution in [1.29, 1.82) is 0 Å². The summed E-state index contributed by atoms with van der Waals surface area (Å²) in [5.41, 5.74) is 0.680. The second-order valence-corrected chi connectivity index (χ2v) is 7.18. The predicted molar refractivity (Wildman–Crippen MR) is 85.1 cm³/mol. The molecule has 0 radical (unpaired) electrons. The number of nitro groups is 1. The van der Waals surface area contributed by atoms with E-state index in [0.29, 0.717) is 17.3 Å². The lowest BCUT2D eigenvalue weighted by Gasteiger charge is -1.93. The first kappa shape index (κ1) is 14.4. The first-order chi connectivity index (χ1) is 10.0. The summed E-state index contributed by atoms with van der Waals surface area (Å²) >= 11 is 8.27. The van der Waals surface area contributed by atoms with Crippen molar-refractivity contribution >= 4 is 48.9 Å². The molecule has 0 spiro atoms. The van der Waals surface area contributed by atoms with Crippen LogP contribution in [0.25, 0.3) is 22.2 Å². The minimum Gasteiger partial charge on any atom is -0.333 e. The quantitative estimate of drug-likeness (QED) is 0.436. The van der Waals surface area contributed by atoms with E-state index in [1.807, 2.05) is 6.07 Å². The third-order valence-electron chi connectivity index (χ3n) is 2.62. The molecule has 3 rings (SSSR count). The molecular formula is C12H5Br2N3O3S. The summed E-state index contributed by atoms with van der Waals surface area (Å²) < 4.78 is 7.08. The molecule has 0 aliphatic rings. The summed E-state index contributed by atoms with van der Waals surface area (Å²) in [5, 5.41) is 14.5. The predicted octanol–water partition coefficient (Wildman–Crippen LogP) is 4.90. The summed E-state index contributed by atoms with van der Waals surface area (Å²) in [4.78, 5) is 15.3.